The molecule has 28 heavy (non-hydrogen) atoms. The zero-order valence-electron chi connectivity index (χ0n) is 15.2. The van der Waals surface area contributed by atoms with Gasteiger partial charge in [0.15, 0.2) is 29.0 Å². The van der Waals surface area contributed by atoms with Crippen LogP contribution in [0.15, 0.2) is 30.6 Å². The lowest BCUT2D eigenvalue weighted by Crippen LogP contribution is -2.33. The number of hydrogen-bond acceptors (Lipinski definition) is 9. The van der Waals surface area contributed by atoms with Crippen LogP contribution in [0.2, 0.25) is 0 Å². The Morgan fingerprint density at radius 1 is 1.18 bits per heavy atom. The van der Waals surface area contributed by atoms with Crippen LogP contribution in [-0.4, -0.2) is 66.3 Å². The molecular formula is C18H22N6O4. The van der Waals surface area contributed by atoms with Crippen molar-refractivity contribution in [2.45, 2.75) is 31.5 Å². The molecule has 1 aliphatic heterocycles. The molecule has 1 aromatic carbocycles. The predicted molar refractivity (Wildman–Crippen MR) is 102 cm³/mol. The van der Waals surface area contributed by atoms with Crippen LogP contribution in [0.1, 0.15) is 13.2 Å². The van der Waals surface area contributed by atoms with Crippen molar-refractivity contribution < 1.29 is 20.1 Å². The Labute approximate surface area is 160 Å². The van der Waals surface area contributed by atoms with Crippen molar-refractivity contribution in [2.24, 2.45) is 0 Å². The molecule has 10 nitrogen and oxygen atoms in total. The van der Waals surface area contributed by atoms with Crippen molar-refractivity contribution in [1.29, 1.82) is 0 Å². The van der Waals surface area contributed by atoms with Gasteiger partial charge in [-0.05, 0) is 31.2 Å². The molecule has 0 bridgehead atoms. The number of nitrogens with zero attached hydrogens (tertiary/aromatic N) is 4. The van der Waals surface area contributed by atoms with Crippen molar-refractivity contribution in [1.82, 2.24) is 19.5 Å². The van der Waals surface area contributed by atoms with E-state index in [1.165, 1.54) is 6.33 Å². The second-order valence-electron chi connectivity index (χ2n) is 6.60. The Balaban J connectivity index is 1.84. The Hall–Kier alpha value is -2.79. The summed E-state index contributed by atoms with van der Waals surface area (Å²) >= 11 is 0. The summed E-state index contributed by atoms with van der Waals surface area (Å²) in [6.45, 7) is 2.17. The number of nitrogen functional groups attached to an aromatic ring is 1. The number of aliphatic hydroxyl groups is 3. The van der Waals surface area contributed by atoms with E-state index in [9.17, 15) is 15.3 Å². The molecule has 0 amide bonds. The highest BCUT2D eigenvalue weighted by Gasteiger charge is 2.44. The summed E-state index contributed by atoms with van der Waals surface area (Å²) in [5.74, 6) is 1.00. The maximum absolute atomic E-state index is 10.4. The lowest BCUT2D eigenvalue weighted by molar-refractivity contribution is -0.0511. The van der Waals surface area contributed by atoms with Gasteiger partial charge >= 0.3 is 0 Å². The smallest absolute Gasteiger partial charge is 0.168 e. The number of nitrogens with one attached hydrogen (secondary N) is 1. The summed E-state index contributed by atoms with van der Waals surface area (Å²) in [5, 5.41) is 33.0. The SMILES string of the molecule is CCNc1nc(-c2ccc(N)cc2)nc2c1ncn2[C@@H]1O[C@H](CO)[C@@H](O)[C@H]1O. The maximum Gasteiger partial charge on any atom is 0.168 e. The van der Waals surface area contributed by atoms with Gasteiger partial charge in [-0.1, -0.05) is 0 Å². The van der Waals surface area contributed by atoms with Gasteiger partial charge in [0.05, 0.1) is 12.9 Å². The third-order valence-electron chi connectivity index (χ3n) is 4.73. The second kappa shape index (κ2) is 7.32. The Bertz CT molecular complexity index is 976. The average Bonchev–Trinajstić information content (AvgIpc) is 3.24. The molecule has 2 aromatic heterocycles. The second-order valence-corrected chi connectivity index (χ2v) is 6.60. The summed E-state index contributed by atoms with van der Waals surface area (Å²) in [6, 6.07) is 7.16. The van der Waals surface area contributed by atoms with Gasteiger partial charge in [-0.3, -0.25) is 4.57 Å². The summed E-state index contributed by atoms with van der Waals surface area (Å²) < 4.78 is 7.17. The van der Waals surface area contributed by atoms with Crippen molar-refractivity contribution in [3.05, 3.63) is 30.6 Å². The van der Waals surface area contributed by atoms with E-state index < -0.39 is 31.1 Å². The van der Waals surface area contributed by atoms with Crippen LogP contribution in [0, 0.1) is 0 Å². The van der Waals surface area contributed by atoms with E-state index in [2.05, 4.69) is 20.3 Å². The van der Waals surface area contributed by atoms with Crippen LogP contribution < -0.4 is 11.1 Å². The summed E-state index contributed by atoms with van der Waals surface area (Å²) in [7, 11) is 0. The highest BCUT2D eigenvalue weighted by molar-refractivity contribution is 5.85. The van der Waals surface area contributed by atoms with E-state index in [1.807, 2.05) is 19.1 Å². The number of nitrogens with two attached hydrogens (primary N) is 1. The van der Waals surface area contributed by atoms with E-state index >= 15 is 0 Å². The Morgan fingerprint density at radius 3 is 2.57 bits per heavy atom. The minimum atomic E-state index is -1.23. The summed E-state index contributed by atoms with van der Waals surface area (Å²) in [4.78, 5) is 13.5. The van der Waals surface area contributed by atoms with Crippen molar-refractivity contribution in [3.8, 4) is 11.4 Å². The van der Waals surface area contributed by atoms with E-state index in [-0.39, 0.29) is 0 Å². The zero-order chi connectivity index (χ0) is 19.8. The van der Waals surface area contributed by atoms with Crippen LogP contribution in [0.5, 0.6) is 0 Å². The fourth-order valence-corrected chi connectivity index (χ4v) is 3.26. The topological polar surface area (TPSA) is 152 Å². The first kappa shape index (κ1) is 18.6. The van der Waals surface area contributed by atoms with Crippen LogP contribution >= 0.6 is 0 Å². The van der Waals surface area contributed by atoms with E-state index in [0.717, 1.165) is 5.56 Å². The first-order valence-electron chi connectivity index (χ1n) is 9.00. The average molecular weight is 386 g/mol. The molecule has 1 saturated heterocycles. The molecule has 4 rings (SSSR count). The molecule has 1 fully saturated rings. The monoisotopic (exact) mass is 386 g/mol. The fourth-order valence-electron chi connectivity index (χ4n) is 3.26. The molecule has 4 atom stereocenters. The maximum atomic E-state index is 10.4. The van der Waals surface area contributed by atoms with Gasteiger partial charge in [0, 0.05) is 17.8 Å². The van der Waals surface area contributed by atoms with E-state index in [0.29, 0.717) is 35.0 Å². The van der Waals surface area contributed by atoms with E-state index in [4.69, 9.17) is 10.5 Å². The standard InChI is InChI=1S/C18H22N6O4/c1-2-20-16-12-17(23-15(22-16)9-3-5-10(19)6-4-9)24(8-21-12)18-14(27)13(26)11(7-25)28-18/h3-6,8,11,13-14,18,25-27H,2,7,19H2,1H3,(H,20,22,23)/t11-,13-,14-,18-/m1/s1. The number of benzene rings is 1. The highest BCUT2D eigenvalue weighted by atomic mass is 16.6. The molecule has 1 aliphatic rings. The van der Waals surface area contributed by atoms with Gasteiger partial charge in [0.25, 0.3) is 0 Å². The third-order valence-corrected chi connectivity index (χ3v) is 4.73. The van der Waals surface area contributed by atoms with Gasteiger partial charge in [0.2, 0.25) is 0 Å². The Morgan fingerprint density at radius 2 is 1.93 bits per heavy atom. The van der Waals surface area contributed by atoms with Crippen LogP contribution in [0.3, 0.4) is 0 Å². The number of rotatable bonds is 5. The normalized spacial score (nSPS) is 24.7. The molecule has 148 valence electrons. The van der Waals surface area contributed by atoms with Gasteiger partial charge in [-0.2, -0.15) is 0 Å². The van der Waals surface area contributed by atoms with Gasteiger partial charge in [-0.25, -0.2) is 15.0 Å². The largest absolute Gasteiger partial charge is 0.399 e. The summed E-state index contributed by atoms with van der Waals surface area (Å²) in [6.07, 6.45) is -2.77. The first-order chi connectivity index (χ1) is 13.5. The fraction of sp³-hybridized carbons (Fsp3) is 0.389. The first-order valence-corrected chi connectivity index (χ1v) is 9.00. The van der Waals surface area contributed by atoms with Crippen LogP contribution in [-0.2, 0) is 4.74 Å². The van der Waals surface area contributed by atoms with Crippen molar-refractivity contribution in [2.75, 3.05) is 24.2 Å². The zero-order valence-corrected chi connectivity index (χ0v) is 15.2. The van der Waals surface area contributed by atoms with Crippen molar-refractivity contribution in [3.63, 3.8) is 0 Å². The number of aromatic nitrogens is 4. The number of aliphatic hydroxyl groups excluding tert-OH is 3. The summed E-state index contributed by atoms with van der Waals surface area (Å²) in [5.41, 5.74) is 8.11. The molecule has 0 aliphatic carbocycles. The highest BCUT2D eigenvalue weighted by Crippen LogP contribution is 2.33. The van der Waals surface area contributed by atoms with Gasteiger partial charge < -0.3 is 31.1 Å². The molecule has 0 saturated carbocycles. The van der Waals surface area contributed by atoms with Crippen LogP contribution in [0.25, 0.3) is 22.6 Å². The predicted octanol–water partition coefficient (Wildman–Crippen LogP) is 0.119. The lowest BCUT2D eigenvalue weighted by Gasteiger charge is -2.17. The number of ether oxygens (including phenoxy) is 1. The van der Waals surface area contributed by atoms with Crippen molar-refractivity contribution >= 4 is 22.7 Å². The molecular weight excluding hydrogens is 364 g/mol. The lowest BCUT2D eigenvalue weighted by atomic mass is 10.1. The molecule has 0 radical (unpaired) electrons. The van der Waals surface area contributed by atoms with Gasteiger partial charge in [-0.15, -0.1) is 0 Å². The Kier molecular flexibility index (Phi) is 4.85. The molecule has 0 unspecified atom stereocenters. The third kappa shape index (κ3) is 3.06. The molecule has 10 heteroatoms. The molecule has 3 heterocycles. The van der Waals surface area contributed by atoms with Gasteiger partial charge in [0.1, 0.15) is 18.3 Å². The number of fused-ring (bicyclic) bond motifs is 1. The van der Waals surface area contributed by atoms with Crippen LogP contribution in [0.4, 0.5) is 11.5 Å². The van der Waals surface area contributed by atoms with E-state index in [1.54, 1.807) is 16.7 Å². The molecule has 6 N–H and O–H groups in total. The number of hydrogen-bond donors (Lipinski definition) is 5. The number of anilines is 2. The number of imidazole rings is 1. The minimum absolute atomic E-state index is 0.407. The minimum Gasteiger partial charge on any atom is -0.399 e. The quantitative estimate of drug-likeness (QED) is 0.385. The molecule has 0 spiro atoms. The molecule has 3 aromatic rings.